The number of nitrogens with zero attached hydrogens (tertiary/aromatic N) is 1. The van der Waals surface area contributed by atoms with Gasteiger partial charge < -0.3 is 5.32 Å². The van der Waals surface area contributed by atoms with Gasteiger partial charge in [-0.3, -0.25) is 9.10 Å². The van der Waals surface area contributed by atoms with E-state index < -0.39 is 28.3 Å². The molecule has 0 heterocycles. The number of hydrogen-bond donors (Lipinski definition) is 1. The number of para-hydroxylation sites is 1. The van der Waals surface area contributed by atoms with E-state index in [4.69, 9.17) is 0 Å². The highest BCUT2D eigenvalue weighted by atomic mass is 32.2. The van der Waals surface area contributed by atoms with Crippen molar-refractivity contribution in [2.24, 2.45) is 0 Å². The third kappa shape index (κ3) is 5.29. The molecule has 0 spiro atoms. The summed E-state index contributed by atoms with van der Waals surface area (Å²) < 4.78 is 41.4. The van der Waals surface area contributed by atoms with Gasteiger partial charge in [0.25, 0.3) is 10.0 Å². The van der Waals surface area contributed by atoms with Crippen LogP contribution in [0.2, 0.25) is 0 Å². The molecule has 0 saturated carbocycles. The molecule has 0 aliphatic rings. The van der Waals surface area contributed by atoms with Crippen molar-refractivity contribution >= 4 is 21.6 Å². The number of benzene rings is 2. The minimum Gasteiger partial charge on any atom is -0.352 e. The van der Waals surface area contributed by atoms with Crippen LogP contribution < -0.4 is 9.62 Å². The zero-order valence-corrected chi connectivity index (χ0v) is 16.6. The summed E-state index contributed by atoms with van der Waals surface area (Å²) in [4.78, 5) is 12.4. The van der Waals surface area contributed by atoms with Crippen LogP contribution in [0.25, 0.3) is 0 Å². The Morgan fingerprint density at radius 2 is 1.78 bits per heavy atom. The number of sulfonamides is 1. The fraction of sp³-hybridized carbons (Fsp3) is 0.350. The van der Waals surface area contributed by atoms with Gasteiger partial charge in [-0.1, -0.05) is 43.2 Å². The number of amides is 1. The van der Waals surface area contributed by atoms with Gasteiger partial charge in [-0.05, 0) is 44.5 Å². The molecule has 1 atom stereocenters. The maximum Gasteiger partial charge on any atom is 0.264 e. The molecule has 27 heavy (non-hydrogen) atoms. The standard InChI is InChI=1S/C20H25FN2O3S/c1-4-7-16(3)22-20(24)14-23(19-9-6-5-8-18(19)21)27(25,26)17-12-10-15(2)11-13-17/h5-6,8-13,16H,4,7,14H2,1-3H3,(H,22,24)/t16-/m1/s1. The van der Waals surface area contributed by atoms with Gasteiger partial charge in [-0.25, -0.2) is 12.8 Å². The molecule has 146 valence electrons. The first-order valence-corrected chi connectivity index (χ1v) is 10.3. The number of hydrogen-bond acceptors (Lipinski definition) is 3. The summed E-state index contributed by atoms with van der Waals surface area (Å²) in [5.41, 5.74) is 0.744. The van der Waals surface area contributed by atoms with E-state index in [1.165, 1.54) is 36.4 Å². The number of carbonyl (C=O) groups excluding carboxylic acids is 1. The zero-order chi connectivity index (χ0) is 20.0. The van der Waals surface area contributed by atoms with Crippen LogP contribution in [0.1, 0.15) is 32.3 Å². The highest BCUT2D eigenvalue weighted by Crippen LogP contribution is 2.26. The first-order valence-electron chi connectivity index (χ1n) is 8.89. The van der Waals surface area contributed by atoms with Crippen LogP contribution in [0.4, 0.5) is 10.1 Å². The van der Waals surface area contributed by atoms with E-state index >= 15 is 0 Å². The fourth-order valence-corrected chi connectivity index (χ4v) is 4.18. The number of anilines is 1. The van der Waals surface area contributed by atoms with Crippen LogP contribution in [0.15, 0.2) is 53.4 Å². The summed E-state index contributed by atoms with van der Waals surface area (Å²) in [6, 6.07) is 11.7. The van der Waals surface area contributed by atoms with Crippen LogP contribution in [0.3, 0.4) is 0 Å². The molecular weight excluding hydrogens is 367 g/mol. The fourth-order valence-electron chi connectivity index (χ4n) is 2.75. The topological polar surface area (TPSA) is 66.5 Å². The molecule has 2 rings (SSSR count). The van der Waals surface area contributed by atoms with Crippen molar-refractivity contribution < 1.29 is 17.6 Å². The largest absolute Gasteiger partial charge is 0.352 e. The molecule has 2 aromatic rings. The Bertz CT molecular complexity index is 882. The van der Waals surface area contributed by atoms with E-state index in [0.29, 0.717) is 0 Å². The highest BCUT2D eigenvalue weighted by molar-refractivity contribution is 7.92. The molecule has 1 amide bonds. The molecule has 0 saturated heterocycles. The average Bonchev–Trinajstić information content (AvgIpc) is 2.61. The van der Waals surface area contributed by atoms with Gasteiger partial charge in [-0.15, -0.1) is 0 Å². The molecule has 0 radical (unpaired) electrons. The molecule has 0 unspecified atom stereocenters. The quantitative estimate of drug-likeness (QED) is 0.746. The molecule has 1 N–H and O–H groups in total. The van der Waals surface area contributed by atoms with Crippen molar-refractivity contribution in [3.05, 3.63) is 59.9 Å². The molecule has 0 fully saturated rings. The lowest BCUT2D eigenvalue weighted by Gasteiger charge is -2.25. The first kappa shape index (κ1) is 20.9. The van der Waals surface area contributed by atoms with E-state index in [-0.39, 0.29) is 16.6 Å². The van der Waals surface area contributed by atoms with E-state index in [1.807, 2.05) is 20.8 Å². The second kappa shape index (κ2) is 8.99. The molecule has 0 aliphatic carbocycles. The number of nitrogens with one attached hydrogen (secondary N) is 1. The predicted molar refractivity (Wildman–Crippen MR) is 105 cm³/mol. The second-order valence-electron chi connectivity index (χ2n) is 6.53. The van der Waals surface area contributed by atoms with Gasteiger partial charge in [0.05, 0.1) is 10.6 Å². The molecular formula is C20H25FN2O3S. The molecule has 0 aromatic heterocycles. The van der Waals surface area contributed by atoms with Crippen molar-refractivity contribution in [3.8, 4) is 0 Å². The van der Waals surface area contributed by atoms with Gasteiger partial charge >= 0.3 is 0 Å². The van der Waals surface area contributed by atoms with Gasteiger partial charge in [0, 0.05) is 6.04 Å². The summed E-state index contributed by atoms with van der Waals surface area (Å²) in [7, 11) is -4.10. The monoisotopic (exact) mass is 392 g/mol. The molecule has 7 heteroatoms. The van der Waals surface area contributed by atoms with Gasteiger partial charge in [0.1, 0.15) is 12.4 Å². The predicted octanol–water partition coefficient (Wildman–Crippen LogP) is 3.63. The lowest BCUT2D eigenvalue weighted by atomic mass is 10.2. The highest BCUT2D eigenvalue weighted by Gasteiger charge is 2.29. The van der Waals surface area contributed by atoms with E-state index in [2.05, 4.69) is 5.32 Å². The maximum absolute atomic E-state index is 14.3. The van der Waals surface area contributed by atoms with Crippen molar-refractivity contribution in [2.45, 2.75) is 44.6 Å². The van der Waals surface area contributed by atoms with Gasteiger partial charge in [0.15, 0.2) is 0 Å². The van der Waals surface area contributed by atoms with Crippen molar-refractivity contribution in [1.29, 1.82) is 0 Å². The third-order valence-electron chi connectivity index (χ3n) is 4.15. The molecule has 2 aromatic carbocycles. The molecule has 5 nitrogen and oxygen atoms in total. The van der Waals surface area contributed by atoms with Crippen LogP contribution >= 0.6 is 0 Å². The number of aryl methyl sites for hydroxylation is 1. The Kier molecular flexibility index (Phi) is 6.96. The Hall–Kier alpha value is -2.41. The third-order valence-corrected chi connectivity index (χ3v) is 5.92. The van der Waals surface area contributed by atoms with Gasteiger partial charge in [-0.2, -0.15) is 0 Å². The Morgan fingerprint density at radius 1 is 1.15 bits per heavy atom. The minimum absolute atomic E-state index is 0.00533. The SMILES string of the molecule is CCC[C@@H](C)NC(=O)CN(c1ccccc1F)S(=O)(=O)c1ccc(C)cc1. The Morgan fingerprint density at radius 3 is 2.37 bits per heavy atom. The summed E-state index contributed by atoms with van der Waals surface area (Å²) >= 11 is 0. The van der Waals surface area contributed by atoms with E-state index in [1.54, 1.807) is 12.1 Å². The maximum atomic E-state index is 14.3. The molecule has 0 bridgehead atoms. The van der Waals surface area contributed by atoms with Crippen LogP contribution in [-0.4, -0.2) is 26.9 Å². The lowest BCUT2D eigenvalue weighted by Crippen LogP contribution is -2.43. The number of halogens is 1. The Balaban J connectivity index is 2.40. The number of carbonyl (C=O) groups is 1. The second-order valence-corrected chi connectivity index (χ2v) is 8.40. The minimum atomic E-state index is -4.10. The Labute approximate surface area is 160 Å². The number of rotatable bonds is 8. The summed E-state index contributed by atoms with van der Waals surface area (Å²) in [6.45, 7) is 5.19. The lowest BCUT2D eigenvalue weighted by molar-refractivity contribution is -0.120. The van der Waals surface area contributed by atoms with Crippen LogP contribution in [-0.2, 0) is 14.8 Å². The van der Waals surface area contributed by atoms with Crippen LogP contribution in [0, 0.1) is 12.7 Å². The first-order chi connectivity index (χ1) is 12.8. The van der Waals surface area contributed by atoms with E-state index in [0.717, 1.165) is 22.7 Å². The van der Waals surface area contributed by atoms with Crippen LogP contribution in [0.5, 0.6) is 0 Å². The average molecular weight is 392 g/mol. The van der Waals surface area contributed by atoms with E-state index in [9.17, 15) is 17.6 Å². The summed E-state index contributed by atoms with van der Waals surface area (Å²) in [5, 5.41) is 2.77. The zero-order valence-electron chi connectivity index (χ0n) is 15.8. The van der Waals surface area contributed by atoms with Crippen molar-refractivity contribution in [2.75, 3.05) is 10.8 Å². The normalized spacial score (nSPS) is 12.4. The van der Waals surface area contributed by atoms with Gasteiger partial charge in [0.2, 0.25) is 5.91 Å². The molecule has 0 aliphatic heterocycles. The summed E-state index contributed by atoms with van der Waals surface area (Å²) in [5.74, 6) is -1.18. The summed E-state index contributed by atoms with van der Waals surface area (Å²) in [6.07, 6.45) is 1.66. The van der Waals surface area contributed by atoms with Crippen molar-refractivity contribution in [3.63, 3.8) is 0 Å². The van der Waals surface area contributed by atoms with Crippen molar-refractivity contribution in [1.82, 2.24) is 5.32 Å². The smallest absolute Gasteiger partial charge is 0.264 e.